The number of carbonyl (C=O) groups excluding carboxylic acids is 1. The minimum Gasteiger partial charge on any atom is -0.336 e. The fourth-order valence-electron chi connectivity index (χ4n) is 3.50. The van der Waals surface area contributed by atoms with E-state index in [1.165, 1.54) is 0 Å². The lowest BCUT2D eigenvalue weighted by Gasteiger charge is -2.20. The number of rotatable bonds is 7. The molecule has 0 radical (unpaired) electrons. The summed E-state index contributed by atoms with van der Waals surface area (Å²) in [5, 5.41) is 10.7. The van der Waals surface area contributed by atoms with Gasteiger partial charge in [0.2, 0.25) is 0 Å². The van der Waals surface area contributed by atoms with Crippen molar-refractivity contribution in [2.75, 3.05) is 6.54 Å². The van der Waals surface area contributed by atoms with Gasteiger partial charge in [0.15, 0.2) is 0 Å². The number of pyridine rings is 1. The fraction of sp³-hybridized carbons (Fsp3) is 0.160. The van der Waals surface area contributed by atoms with E-state index in [4.69, 9.17) is 0 Å². The Balaban J connectivity index is 1.38. The van der Waals surface area contributed by atoms with Gasteiger partial charge < -0.3 is 10.6 Å². The maximum Gasteiger partial charge on any atom is 0.315 e. The summed E-state index contributed by atoms with van der Waals surface area (Å²) < 4.78 is 1.90. The van der Waals surface area contributed by atoms with Gasteiger partial charge in [0.1, 0.15) is 0 Å². The molecule has 0 aliphatic rings. The molecule has 0 aliphatic heterocycles. The van der Waals surface area contributed by atoms with Gasteiger partial charge in [0.25, 0.3) is 0 Å². The number of benzene rings is 2. The molecule has 0 unspecified atom stereocenters. The van der Waals surface area contributed by atoms with Gasteiger partial charge in [-0.25, -0.2) is 4.79 Å². The molecule has 2 N–H and O–H groups in total. The van der Waals surface area contributed by atoms with Crippen LogP contribution in [0.3, 0.4) is 0 Å². The lowest BCUT2D eigenvalue weighted by atomic mass is 9.99. The second-order valence-electron chi connectivity index (χ2n) is 7.29. The molecule has 0 aliphatic carbocycles. The molecule has 0 atom stereocenters. The van der Waals surface area contributed by atoms with Gasteiger partial charge in [-0.2, -0.15) is 5.10 Å². The van der Waals surface area contributed by atoms with Crippen molar-refractivity contribution in [3.63, 3.8) is 0 Å². The van der Waals surface area contributed by atoms with Gasteiger partial charge in [-0.1, -0.05) is 60.7 Å². The van der Waals surface area contributed by atoms with Crippen LogP contribution in [0.1, 0.15) is 22.9 Å². The second-order valence-corrected chi connectivity index (χ2v) is 7.29. The van der Waals surface area contributed by atoms with E-state index in [-0.39, 0.29) is 12.1 Å². The van der Waals surface area contributed by atoms with E-state index < -0.39 is 0 Å². The summed E-state index contributed by atoms with van der Waals surface area (Å²) in [5.74, 6) is 0. The normalized spacial score (nSPS) is 10.8. The number of aryl methyl sites for hydroxylation is 1. The third-order valence-electron chi connectivity index (χ3n) is 5.09. The quantitative estimate of drug-likeness (QED) is 0.475. The van der Waals surface area contributed by atoms with E-state index in [9.17, 15) is 4.79 Å². The van der Waals surface area contributed by atoms with Crippen molar-refractivity contribution >= 4 is 6.03 Å². The van der Waals surface area contributed by atoms with Crippen LogP contribution in [0.25, 0.3) is 11.3 Å². The maximum absolute atomic E-state index is 12.6. The van der Waals surface area contributed by atoms with Crippen LogP contribution in [-0.4, -0.2) is 27.3 Å². The Hall–Kier alpha value is -3.93. The van der Waals surface area contributed by atoms with Crippen LogP contribution in [0.5, 0.6) is 0 Å². The average Bonchev–Trinajstić information content (AvgIpc) is 3.20. The molecular formula is C25H25N5O. The van der Waals surface area contributed by atoms with Crippen molar-refractivity contribution < 1.29 is 4.79 Å². The zero-order valence-corrected chi connectivity index (χ0v) is 17.4. The average molecular weight is 412 g/mol. The van der Waals surface area contributed by atoms with Crippen LogP contribution in [0.4, 0.5) is 4.79 Å². The minimum absolute atomic E-state index is 0.213. The third-order valence-corrected chi connectivity index (χ3v) is 5.09. The summed E-state index contributed by atoms with van der Waals surface area (Å²) in [4.78, 5) is 16.8. The highest BCUT2D eigenvalue weighted by molar-refractivity contribution is 5.75. The van der Waals surface area contributed by atoms with Crippen molar-refractivity contribution in [1.29, 1.82) is 0 Å². The topological polar surface area (TPSA) is 71.8 Å². The maximum atomic E-state index is 12.6. The molecule has 2 amide bonds. The molecule has 156 valence electrons. The number of amides is 2. The Morgan fingerprint density at radius 2 is 1.65 bits per heavy atom. The Labute approximate surface area is 182 Å². The van der Waals surface area contributed by atoms with Crippen molar-refractivity contribution in [3.8, 4) is 11.3 Å². The van der Waals surface area contributed by atoms with Gasteiger partial charge >= 0.3 is 6.03 Å². The van der Waals surface area contributed by atoms with E-state index >= 15 is 0 Å². The number of hydrogen-bond donors (Lipinski definition) is 2. The monoisotopic (exact) mass is 411 g/mol. The zero-order valence-electron chi connectivity index (χ0n) is 17.4. The van der Waals surface area contributed by atoms with E-state index in [1.54, 1.807) is 12.4 Å². The summed E-state index contributed by atoms with van der Waals surface area (Å²) in [5.41, 5.74) is 4.96. The smallest absolute Gasteiger partial charge is 0.315 e. The number of nitrogens with zero attached hydrogens (tertiary/aromatic N) is 3. The van der Waals surface area contributed by atoms with Crippen LogP contribution in [-0.2, 0) is 6.54 Å². The molecule has 2 aromatic carbocycles. The van der Waals surface area contributed by atoms with Crippen LogP contribution >= 0.6 is 0 Å². The molecule has 2 aromatic heterocycles. The van der Waals surface area contributed by atoms with Crippen LogP contribution in [0.15, 0.2) is 91.3 Å². The molecule has 0 saturated carbocycles. The highest BCUT2D eigenvalue weighted by Gasteiger charge is 2.16. The Morgan fingerprint density at radius 3 is 2.26 bits per heavy atom. The largest absolute Gasteiger partial charge is 0.336 e. The first-order valence-electron chi connectivity index (χ1n) is 10.3. The van der Waals surface area contributed by atoms with E-state index in [0.29, 0.717) is 13.1 Å². The van der Waals surface area contributed by atoms with Crippen molar-refractivity contribution in [1.82, 2.24) is 25.4 Å². The second kappa shape index (κ2) is 9.71. The SMILES string of the molecule is Cc1cc(-c2cccnc2)nn1CCNC(=O)NC(c1ccccc1)c1ccccc1. The molecule has 2 heterocycles. The van der Waals surface area contributed by atoms with Gasteiger partial charge in [-0.15, -0.1) is 0 Å². The van der Waals surface area contributed by atoms with Crippen molar-refractivity contribution in [2.45, 2.75) is 19.5 Å². The first-order chi connectivity index (χ1) is 15.2. The zero-order chi connectivity index (χ0) is 21.5. The first-order valence-corrected chi connectivity index (χ1v) is 10.3. The number of carbonyl (C=O) groups is 1. The van der Waals surface area contributed by atoms with Gasteiger partial charge in [0, 0.05) is 30.2 Å². The molecule has 6 nitrogen and oxygen atoms in total. The highest BCUT2D eigenvalue weighted by Crippen LogP contribution is 2.21. The molecular weight excluding hydrogens is 386 g/mol. The molecule has 0 bridgehead atoms. The lowest BCUT2D eigenvalue weighted by molar-refractivity contribution is 0.238. The van der Waals surface area contributed by atoms with E-state index in [1.807, 2.05) is 90.5 Å². The highest BCUT2D eigenvalue weighted by atomic mass is 16.2. The molecule has 31 heavy (non-hydrogen) atoms. The molecule has 0 saturated heterocycles. The number of hydrogen-bond acceptors (Lipinski definition) is 3. The Kier molecular flexibility index (Phi) is 6.38. The molecule has 0 fully saturated rings. The van der Waals surface area contributed by atoms with Gasteiger partial charge in [-0.05, 0) is 36.2 Å². The molecule has 4 aromatic rings. The summed E-state index contributed by atoms with van der Waals surface area (Å²) in [6.45, 7) is 3.06. The molecule has 0 spiro atoms. The predicted octanol–water partition coefficient (Wildman–Crippen LogP) is 4.34. The summed E-state index contributed by atoms with van der Waals surface area (Å²) in [7, 11) is 0. The van der Waals surface area contributed by atoms with Crippen molar-refractivity contribution in [3.05, 3.63) is 108 Å². The molecule has 6 heteroatoms. The van der Waals surface area contributed by atoms with Gasteiger partial charge in [0.05, 0.1) is 18.3 Å². The summed E-state index contributed by atoms with van der Waals surface area (Å²) in [6, 6.07) is 25.4. The van der Waals surface area contributed by atoms with Crippen molar-refractivity contribution in [2.24, 2.45) is 0 Å². The Morgan fingerprint density at radius 1 is 0.968 bits per heavy atom. The minimum atomic E-state index is -0.217. The number of aromatic nitrogens is 3. The number of nitrogens with one attached hydrogen (secondary N) is 2. The van der Waals surface area contributed by atoms with Crippen LogP contribution in [0.2, 0.25) is 0 Å². The lowest BCUT2D eigenvalue weighted by Crippen LogP contribution is -2.39. The predicted molar refractivity (Wildman–Crippen MR) is 121 cm³/mol. The number of urea groups is 1. The van der Waals surface area contributed by atoms with Gasteiger partial charge in [-0.3, -0.25) is 9.67 Å². The van der Waals surface area contributed by atoms with Crippen LogP contribution in [0, 0.1) is 6.92 Å². The Bertz CT molecular complexity index is 1070. The summed E-state index contributed by atoms with van der Waals surface area (Å²) >= 11 is 0. The fourth-order valence-corrected chi connectivity index (χ4v) is 3.50. The first kappa shape index (κ1) is 20.3. The summed E-state index contributed by atoms with van der Waals surface area (Å²) in [6.07, 6.45) is 3.54. The van der Waals surface area contributed by atoms with E-state index in [2.05, 4.69) is 20.7 Å². The van der Waals surface area contributed by atoms with E-state index in [0.717, 1.165) is 28.1 Å². The molecule has 4 rings (SSSR count). The van der Waals surface area contributed by atoms with Crippen LogP contribution < -0.4 is 10.6 Å². The third kappa shape index (κ3) is 5.17. The standard InChI is InChI=1S/C25H25N5O/c1-19-17-23(22-13-8-14-26-18-22)29-30(19)16-15-27-25(31)28-24(20-9-4-2-5-10-20)21-11-6-3-7-12-21/h2-14,17-18,24H,15-16H2,1H3,(H2,27,28,31).